The van der Waals surface area contributed by atoms with Crippen molar-refractivity contribution >= 4 is 0 Å². The molecule has 4 nitrogen and oxygen atoms in total. The van der Waals surface area contributed by atoms with Crippen LogP contribution in [-0.2, 0) is 13.1 Å². The molecule has 0 saturated carbocycles. The molecule has 1 aromatic heterocycles. The summed E-state index contributed by atoms with van der Waals surface area (Å²) < 4.78 is 0. The number of rotatable bonds is 4. The third-order valence-electron chi connectivity index (χ3n) is 3.49. The zero-order valence-electron chi connectivity index (χ0n) is 10.8. The first kappa shape index (κ1) is 12.5. The van der Waals surface area contributed by atoms with Crippen LogP contribution in [-0.4, -0.2) is 48.0 Å². The average molecular weight is 234 g/mol. The van der Waals surface area contributed by atoms with Gasteiger partial charge in [0.15, 0.2) is 0 Å². The Kier molecular flexibility index (Phi) is 4.10. The lowest BCUT2D eigenvalue weighted by Crippen LogP contribution is -2.31. The van der Waals surface area contributed by atoms with Crippen LogP contribution in [0.2, 0.25) is 0 Å². The van der Waals surface area contributed by atoms with Gasteiger partial charge < -0.3 is 10.6 Å². The zero-order chi connectivity index (χ0) is 12.3. The van der Waals surface area contributed by atoms with Crippen LogP contribution in [0.5, 0.6) is 0 Å². The van der Waals surface area contributed by atoms with Gasteiger partial charge in [0.1, 0.15) is 0 Å². The SMILES string of the molecule is CN(C)C1CCN(Cc2ccc(CN)cn2)C1. The summed E-state index contributed by atoms with van der Waals surface area (Å²) in [7, 11) is 4.31. The molecule has 4 heteroatoms. The standard InChI is InChI=1S/C13H22N4/c1-16(2)13-5-6-17(10-13)9-12-4-3-11(7-14)8-15-12/h3-4,8,13H,5-7,9-10,14H2,1-2H3. The van der Waals surface area contributed by atoms with Crippen LogP contribution in [0.25, 0.3) is 0 Å². The molecule has 1 aromatic rings. The summed E-state index contributed by atoms with van der Waals surface area (Å²) in [5.41, 5.74) is 7.80. The molecule has 1 fully saturated rings. The molecule has 2 rings (SSSR count). The fourth-order valence-corrected chi connectivity index (χ4v) is 2.28. The van der Waals surface area contributed by atoms with Gasteiger partial charge in [0.05, 0.1) is 5.69 Å². The molecule has 0 aliphatic carbocycles. The normalized spacial score (nSPS) is 21.3. The highest BCUT2D eigenvalue weighted by Crippen LogP contribution is 2.15. The highest BCUT2D eigenvalue weighted by Gasteiger charge is 2.23. The highest BCUT2D eigenvalue weighted by atomic mass is 15.2. The lowest BCUT2D eigenvalue weighted by atomic mass is 10.2. The predicted molar refractivity (Wildman–Crippen MR) is 69.5 cm³/mol. The van der Waals surface area contributed by atoms with Crippen LogP contribution in [0.3, 0.4) is 0 Å². The molecule has 0 aromatic carbocycles. The Bertz CT molecular complexity index is 347. The minimum atomic E-state index is 0.569. The Hall–Kier alpha value is -0.970. The van der Waals surface area contributed by atoms with E-state index in [4.69, 9.17) is 5.73 Å². The molecule has 0 amide bonds. The zero-order valence-corrected chi connectivity index (χ0v) is 10.8. The molecule has 17 heavy (non-hydrogen) atoms. The number of pyridine rings is 1. The molecule has 1 aliphatic heterocycles. The van der Waals surface area contributed by atoms with Gasteiger partial charge in [0.2, 0.25) is 0 Å². The van der Waals surface area contributed by atoms with Gasteiger partial charge >= 0.3 is 0 Å². The topological polar surface area (TPSA) is 45.4 Å². The van der Waals surface area contributed by atoms with Crippen molar-refractivity contribution in [3.05, 3.63) is 29.6 Å². The van der Waals surface area contributed by atoms with Gasteiger partial charge in [0, 0.05) is 38.4 Å². The number of hydrogen-bond donors (Lipinski definition) is 1. The second kappa shape index (κ2) is 5.58. The number of likely N-dealkylation sites (N-methyl/N-ethyl adjacent to an activating group) is 1. The number of nitrogens with zero attached hydrogens (tertiary/aromatic N) is 3. The van der Waals surface area contributed by atoms with Gasteiger partial charge in [-0.3, -0.25) is 9.88 Å². The third kappa shape index (κ3) is 3.25. The molecular formula is C13H22N4. The van der Waals surface area contributed by atoms with Crippen molar-refractivity contribution < 1.29 is 0 Å². The molecular weight excluding hydrogens is 212 g/mol. The summed E-state index contributed by atoms with van der Waals surface area (Å²) >= 11 is 0. The summed E-state index contributed by atoms with van der Waals surface area (Å²) in [6, 6.07) is 4.85. The molecule has 2 heterocycles. The molecule has 0 spiro atoms. The smallest absolute Gasteiger partial charge is 0.0544 e. The molecule has 1 unspecified atom stereocenters. The van der Waals surface area contributed by atoms with Gasteiger partial charge in [-0.15, -0.1) is 0 Å². The second-order valence-electron chi connectivity index (χ2n) is 5.00. The minimum absolute atomic E-state index is 0.569. The summed E-state index contributed by atoms with van der Waals surface area (Å²) in [4.78, 5) is 9.23. The summed E-state index contributed by atoms with van der Waals surface area (Å²) in [6.07, 6.45) is 3.14. The molecule has 1 atom stereocenters. The Morgan fingerprint density at radius 2 is 2.29 bits per heavy atom. The Labute approximate surface area is 103 Å². The van der Waals surface area contributed by atoms with Gasteiger partial charge in [-0.2, -0.15) is 0 Å². The minimum Gasteiger partial charge on any atom is -0.326 e. The van der Waals surface area contributed by atoms with Crippen LogP contribution in [0, 0.1) is 0 Å². The Balaban J connectivity index is 1.89. The van der Waals surface area contributed by atoms with E-state index in [2.05, 4.69) is 41.0 Å². The number of aromatic nitrogens is 1. The van der Waals surface area contributed by atoms with Crippen molar-refractivity contribution in [1.29, 1.82) is 0 Å². The molecule has 94 valence electrons. The Morgan fingerprint density at radius 1 is 1.47 bits per heavy atom. The quantitative estimate of drug-likeness (QED) is 0.832. The van der Waals surface area contributed by atoms with E-state index in [0.717, 1.165) is 24.3 Å². The third-order valence-corrected chi connectivity index (χ3v) is 3.49. The van der Waals surface area contributed by atoms with Crippen LogP contribution >= 0.6 is 0 Å². The molecule has 2 N–H and O–H groups in total. The van der Waals surface area contributed by atoms with Crippen LogP contribution in [0.4, 0.5) is 0 Å². The van der Waals surface area contributed by atoms with E-state index in [1.165, 1.54) is 13.0 Å². The van der Waals surface area contributed by atoms with Crippen molar-refractivity contribution in [2.45, 2.75) is 25.6 Å². The van der Waals surface area contributed by atoms with E-state index in [1.807, 2.05) is 6.20 Å². The first-order valence-electron chi connectivity index (χ1n) is 6.21. The lowest BCUT2D eigenvalue weighted by Gasteiger charge is -2.20. The fraction of sp³-hybridized carbons (Fsp3) is 0.615. The van der Waals surface area contributed by atoms with E-state index in [1.54, 1.807) is 0 Å². The lowest BCUT2D eigenvalue weighted by molar-refractivity contribution is 0.263. The highest BCUT2D eigenvalue weighted by molar-refractivity contribution is 5.13. The van der Waals surface area contributed by atoms with E-state index in [-0.39, 0.29) is 0 Å². The van der Waals surface area contributed by atoms with Gasteiger partial charge in [-0.25, -0.2) is 0 Å². The summed E-state index contributed by atoms with van der Waals surface area (Å²) in [5.74, 6) is 0. The summed E-state index contributed by atoms with van der Waals surface area (Å²) in [6.45, 7) is 3.84. The first-order chi connectivity index (χ1) is 8.19. The van der Waals surface area contributed by atoms with Crippen molar-refractivity contribution in [1.82, 2.24) is 14.8 Å². The molecule has 0 radical (unpaired) electrons. The number of hydrogen-bond acceptors (Lipinski definition) is 4. The maximum Gasteiger partial charge on any atom is 0.0544 e. The number of likely N-dealkylation sites (tertiary alicyclic amines) is 1. The van der Waals surface area contributed by atoms with Gasteiger partial charge in [0.25, 0.3) is 0 Å². The monoisotopic (exact) mass is 234 g/mol. The fourth-order valence-electron chi connectivity index (χ4n) is 2.28. The van der Waals surface area contributed by atoms with E-state index in [9.17, 15) is 0 Å². The van der Waals surface area contributed by atoms with Gasteiger partial charge in [-0.1, -0.05) is 6.07 Å². The maximum atomic E-state index is 5.56. The summed E-state index contributed by atoms with van der Waals surface area (Å²) in [5, 5.41) is 0. The predicted octanol–water partition coefficient (Wildman–Crippen LogP) is 0.676. The average Bonchev–Trinajstić information content (AvgIpc) is 2.79. The Morgan fingerprint density at radius 3 is 2.82 bits per heavy atom. The van der Waals surface area contributed by atoms with Crippen molar-refractivity contribution in [2.24, 2.45) is 5.73 Å². The van der Waals surface area contributed by atoms with Crippen LogP contribution < -0.4 is 5.73 Å². The van der Waals surface area contributed by atoms with E-state index in [0.29, 0.717) is 12.6 Å². The van der Waals surface area contributed by atoms with Crippen LogP contribution in [0.15, 0.2) is 18.3 Å². The molecule has 1 aliphatic rings. The van der Waals surface area contributed by atoms with Crippen molar-refractivity contribution in [2.75, 3.05) is 27.2 Å². The van der Waals surface area contributed by atoms with E-state index >= 15 is 0 Å². The van der Waals surface area contributed by atoms with Crippen molar-refractivity contribution in [3.8, 4) is 0 Å². The molecule has 1 saturated heterocycles. The van der Waals surface area contributed by atoms with Gasteiger partial charge in [-0.05, 0) is 32.1 Å². The largest absolute Gasteiger partial charge is 0.326 e. The van der Waals surface area contributed by atoms with Crippen molar-refractivity contribution in [3.63, 3.8) is 0 Å². The maximum absolute atomic E-state index is 5.56. The molecule has 0 bridgehead atoms. The number of nitrogens with two attached hydrogens (primary N) is 1. The second-order valence-corrected chi connectivity index (χ2v) is 5.00. The van der Waals surface area contributed by atoms with E-state index < -0.39 is 0 Å². The van der Waals surface area contributed by atoms with Crippen LogP contribution in [0.1, 0.15) is 17.7 Å². The first-order valence-corrected chi connectivity index (χ1v) is 6.21.